The molecule has 0 radical (unpaired) electrons. The highest BCUT2D eigenvalue weighted by atomic mass is 16.5. The Balaban J connectivity index is 1.72. The molecule has 6 nitrogen and oxygen atoms in total. The van der Waals surface area contributed by atoms with Crippen LogP contribution in [0, 0.1) is 10.3 Å². The number of anilines is 1. The number of methoxy groups -OCH3 is 1. The maximum atomic E-state index is 10.6. The van der Waals surface area contributed by atoms with Crippen molar-refractivity contribution in [3.8, 4) is 5.88 Å². The normalized spacial score (nSPS) is 21.0. The van der Waals surface area contributed by atoms with Gasteiger partial charge in [0, 0.05) is 25.1 Å². The van der Waals surface area contributed by atoms with E-state index in [2.05, 4.69) is 15.1 Å². The minimum Gasteiger partial charge on any atom is -0.479 e. The Hall–Kier alpha value is -1.69. The summed E-state index contributed by atoms with van der Waals surface area (Å²) in [5.41, 5.74) is 0.539. The van der Waals surface area contributed by atoms with Gasteiger partial charge < -0.3 is 14.4 Å². The van der Waals surface area contributed by atoms with Crippen molar-refractivity contribution in [1.82, 2.24) is 4.98 Å². The predicted octanol–water partition coefficient (Wildman–Crippen LogP) is 2.10. The molecular formula is C13H17N3O3. The summed E-state index contributed by atoms with van der Waals surface area (Å²) in [7, 11) is 1.49. The number of aromatic nitrogens is 1. The molecule has 0 atom stereocenters. The Bertz CT molecular complexity index is 478. The van der Waals surface area contributed by atoms with Crippen molar-refractivity contribution >= 4 is 11.5 Å². The number of nitrogens with zero attached hydrogens (tertiary/aromatic N) is 3. The van der Waals surface area contributed by atoms with E-state index in [1.807, 2.05) is 6.07 Å². The topological polar surface area (TPSA) is 64.0 Å². The SMILES string of the molecule is COc1nc(N2CC3(CCCOC3)C2)ccc1N=O. The van der Waals surface area contributed by atoms with Crippen LogP contribution in [0.1, 0.15) is 12.8 Å². The zero-order valence-corrected chi connectivity index (χ0v) is 11.0. The first kappa shape index (κ1) is 12.3. The second kappa shape index (κ2) is 4.77. The van der Waals surface area contributed by atoms with Gasteiger partial charge in [-0.15, -0.1) is 4.91 Å². The van der Waals surface area contributed by atoms with Gasteiger partial charge in [0.05, 0.1) is 13.7 Å². The molecule has 19 heavy (non-hydrogen) atoms. The van der Waals surface area contributed by atoms with Crippen LogP contribution in [-0.2, 0) is 4.74 Å². The Morgan fingerprint density at radius 2 is 2.32 bits per heavy atom. The molecule has 0 bridgehead atoms. The van der Waals surface area contributed by atoms with E-state index in [4.69, 9.17) is 9.47 Å². The number of rotatable bonds is 3. The zero-order chi connectivity index (χ0) is 13.3. The third-order valence-corrected chi connectivity index (χ3v) is 3.90. The van der Waals surface area contributed by atoms with Crippen molar-refractivity contribution in [3.63, 3.8) is 0 Å². The predicted molar refractivity (Wildman–Crippen MR) is 70.9 cm³/mol. The van der Waals surface area contributed by atoms with Crippen molar-refractivity contribution in [3.05, 3.63) is 17.0 Å². The number of ether oxygens (including phenoxy) is 2. The van der Waals surface area contributed by atoms with E-state index >= 15 is 0 Å². The summed E-state index contributed by atoms with van der Waals surface area (Å²) in [5.74, 6) is 1.12. The second-order valence-corrected chi connectivity index (χ2v) is 5.30. The number of nitroso groups, excluding NO2 is 1. The number of hydrogen-bond acceptors (Lipinski definition) is 6. The van der Waals surface area contributed by atoms with Gasteiger partial charge in [-0.2, -0.15) is 4.98 Å². The summed E-state index contributed by atoms with van der Waals surface area (Å²) in [6, 6.07) is 3.46. The summed E-state index contributed by atoms with van der Waals surface area (Å²) < 4.78 is 10.6. The summed E-state index contributed by atoms with van der Waals surface area (Å²) in [6.45, 7) is 3.64. The van der Waals surface area contributed by atoms with E-state index in [-0.39, 0.29) is 11.6 Å². The Labute approximate surface area is 111 Å². The molecule has 3 heterocycles. The Kier molecular flexibility index (Phi) is 3.10. The maximum absolute atomic E-state index is 10.6. The number of pyridine rings is 1. The van der Waals surface area contributed by atoms with Gasteiger partial charge in [0.1, 0.15) is 5.82 Å². The third kappa shape index (κ3) is 2.16. The van der Waals surface area contributed by atoms with Crippen LogP contribution in [0.4, 0.5) is 11.5 Å². The van der Waals surface area contributed by atoms with Gasteiger partial charge in [0.2, 0.25) is 5.88 Å². The van der Waals surface area contributed by atoms with Crippen LogP contribution in [0.5, 0.6) is 5.88 Å². The van der Waals surface area contributed by atoms with Gasteiger partial charge in [0.15, 0.2) is 5.69 Å². The largest absolute Gasteiger partial charge is 0.479 e. The van der Waals surface area contributed by atoms with Crippen LogP contribution in [-0.4, -0.2) is 38.4 Å². The molecule has 102 valence electrons. The third-order valence-electron chi connectivity index (χ3n) is 3.90. The van der Waals surface area contributed by atoms with Crippen LogP contribution in [0.25, 0.3) is 0 Å². The molecule has 2 fully saturated rings. The molecular weight excluding hydrogens is 246 g/mol. The fourth-order valence-corrected chi connectivity index (χ4v) is 2.90. The highest BCUT2D eigenvalue weighted by Crippen LogP contribution is 2.41. The van der Waals surface area contributed by atoms with Crippen LogP contribution in [0.2, 0.25) is 0 Å². The molecule has 1 aromatic rings. The lowest BCUT2D eigenvalue weighted by Gasteiger charge is -2.52. The molecule has 3 rings (SSSR count). The van der Waals surface area contributed by atoms with Gasteiger partial charge in [-0.25, -0.2) is 0 Å². The lowest BCUT2D eigenvalue weighted by Crippen LogP contribution is -2.60. The highest BCUT2D eigenvalue weighted by molar-refractivity contribution is 5.55. The highest BCUT2D eigenvalue weighted by Gasteiger charge is 2.44. The molecule has 2 aliphatic heterocycles. The standard InChI is InChI=1S/C13H17N3O3/c1-18-12-10(15-17)3-4-11(14-12)16-7-13(8-16)5-2-6-19-9-13/h3-4H,2,5-9H2,1H3. The smallest absolute Gasteiger partial charge is 0.245 e. The van der Waals surface area contributed by atoms with Crippen LogP contribution >= 0.6 is 0 Å². The average molecular weight is 263 g/mol. The minimum absolute atomic E-state index is 0.238. The maximum Gasteiger partial charge on any atom is 0.245 e. The summed E-state index contributed by atoms with van der Waals surface area (Å²) in [5, 5.41) is 2.89. The van der Waals surface area contributed by atoms with E-state index in [1.165, 1.54) is 13.5 Å². The minimum atomic E-state index is 0.238. The fraction of sp³-hybridized carbons (Fsp3) is 0.615. The van der Waals surface area contributed by atoms with Crippen molar-refractivity contribution in [2.75, 3.05) is 38.3 Å². The van der Waals surface area contributed by atoms with E-state index in [9.17, 15) is 4.91 Å². The molecule has 2 saturated heterocycles. The molecule has 0 N–H and O–H groups in total. The molecule has 6 heteroatoms. The summed E-state index contributed by atoms with van der Waals surface area (Å²) in [4.78, 5) is 17.1. The Morgan fingerprint density at radius 3 is 2.95 bits per heavy atom. The quantitative estimate of drug-likeness (QED) is 0.781. The van der Waals surface area contributed by atoms with E-state index < -0.39 is 0 Å². The van der Waals surface area contributed by atoms with Gasteiger partial charge in [-0.1, -0.05) is 0 Å². The molecule has 1 aromatic heterocycles. The van der Waals surface area contributed by atoms with E-state index in [1.54, 1.807) is 6.07 Å². The van der Waals surface area contributed by atoms with Crippen molar-refractivity contribution in [2.24, 2.45) is 10.6 Å². The molecule has 0 unspecified atom stereocenters. The first-order chi connectivity index (χ1) is 9.26. The van der Waals surface area contributed by atoms with Gasteiger partial charge in [0.25, 0.3) is 0 Å². The Morgan fingerprint density at radius 1 is 1.47 bits per heavy atom. The molecule has 0 saturated carbocycles. The second-order valence-electron chi connectivity index (χ2n) is 5.30. The number of hydrogen-bond donors (Lipinski definition) is 0. The monoisotopic (exact) mass is 263 g/mol. The zero-order valence-electron chi connectivity index (χ0n) is 11.0. The molecule has 0 amide bonds. The molecule has 0 aromatic carbocycles. The van der Waals surface area contributed by atoms with E-state index in [0.717, 1.165) is 38.5 Å². The van der Waals surface area contributed by atoms with Gasteiger partial charge in [-0.3, -0.25) is 0 Å². The fourth-order valence-electron chi connectivity index (χ4n) is 2.90. The molecule has 0 aliphatic carbocycles. The van der Waals surface area contributed by atoms with Gasteiger partial charge >= 0.3 is 0 Å². The van der Waals surface area contributed by atoms with Crippen LogP contribution in [0.3, 0.4) is 0 Å². The molecule has 1 spiro atoms. The first-order valence-electron chi connectivity index (χ1n) is 6.47. The lowest BCUT2D eigenvalue weighted by molar-refractivity contribution is -0.0237. The van der Waals surface area contributed by atoms with Crippen molar-refractivity contribution in [1.29, 1.82) is 0 Å². The van der Waals surface area contributed by atoms with Crippen LogP contribution in [0.15, 0.2) is 17.3 Å². The van der Waals surface area contributed by atoms with Gasteiger partial charge in [-0.05, 0) is 30.2 Å². The first-order valence-corrected chi connectivity index (χ1v) is 6.47. The van der Waals surface area contributed by atoms with E-state index in [0.29, 0.717) is 5.41 Å². The lowest BCUT2D eigenvalue weighted by atomic mass is 9.75. The average Bonchev–Trinajstić information content (AvgIpc) is 2.44. The summed E-state index contributed by atoms with van der Waals surface area (Å²) >= 11 is 0. The molecule has 2 aliphatic rings. The van der Waals surface area contributed by atoms with Crippen molar-refractivity contribution < 1.29 is 9.47 Å². The van der Waals surface area contributed by atoms with Crippen LogP contribution < -0.4 is 9.64 Å². The van der Waals surface area contributed by atoms with Crippen molar-refractivity contribution in [2.45, 2.75) is 12.8 Å². The summed E-state index contributed by atoms with van der Waals surface area (Å²) in [6.07, 6.45) is 2.35.